The second-order valence-electron chi connectivity index (χ2n) is 15.0. The Morgan fingerprint density at radius 1 is 0.659 bits per heavy atom. The molecule has 6 rings (SSSR count). The quantitative estimate of drug-likeness (QED) is 0.291. The van der Waals surface area contributed by atoms with E-state index < -0.39 is 0 Å². The van der Waals surface area contributed by atoms with Gasteiger partial charge in [0, 0.05) is 0 Å². The van der Waals surface area contributed by atoms with E-state index in [1.807, 2.05) is 0 Å². The summed E-state index contributed by atoms with van der Waals surface area (Å²) < 4.78 is 20.3. The van der Waals surface area contributed by atoms with Crippen LogP contribution in [0.2, 0.25) is 0 Å². The van der Waals surface area contributed by atoms with E-state index in [1.165, 1.54) is 60.8 Å². The van der Waals surface area contributed by atoms with Crippen LogP contribution in [0.4, 0.5) is 0 Å². The van der Waals surface area contributed by atoms with E-state index in [0.29, 0.717) is 49.1 Å². The lowest BCUT2D eigenvalue weighted by Crippen LogP contribution is -2.37. The highest BCUT2D eigenvalue weighted by molar-refractivity contribution is 5.30. The van der Waals surface area contributed by atoms with Crippen LogP contribution in [0.15, 0.2) is 48.5 Å². The standard InChI is InChI=1S/C38H54O3/c1-25(2)37-17-15-27(5)33(21-37)35(40-37)19-29-11-7-9-13-31(29)23-39-24-32-14-10-8-12-30(32)20-36-34-22-38(41-36,26(3)4)18-16-28(34)6/h7-14,25-28,33-36H,15-24H2,1-6H3. The molecule has 3 nitrogen and oxygen atoms in total. The smallest absolute Gasteiger partial charge is 0.0724 e. The van der Waals surface area contributed by atoms with E-state index in [9.17, 15) is 0 Å². The van der Waals surface area contributed by atoms with Gasteiger partial charge in [0.05, 0.1) is 36.6 Å². The molecule has 0 amide bonds. The topological polar surface area (TPSA) is 27.7 Å². The number of hydrogen-bond donors (Lipinski definition) is 0. The average molecular weight is 559 g/mol. The molecule has 0 N–H and O–H groups in total. The van der Waals surface area contributed by atoms with Crippen molar-refractivity contribution < 1.29 is 14.2 Å². The summed E-state index contributed by atoms with van der Waals surface area (Å²) in [5, 5.41) is 0. The molecule has 2 saturated carbocycles. The van der Waals surface area contributed by atoms with Gasteiger partial charge in [-0.15, -0.1) is 0 Å². The molecule has 3 heteroatoms. The summed E-state index contributed by atoms with van der Waals surface area (Å²) >= 11 is 0. The minimum atomic E-state index is 0.0884. The summed E-state index contributed by atoms with van der Waals surface area (Å²) in [6, 6.07) is 17.8. The first-order valence-corrected chi connectivity index (χ1v) is 16.8. The number of benzene rings is 2. The predicted molar refractivity (Wildman–Crippen MR) is 167 cm³/mol. The summed E-state index contributed by atoms with van der Waals surface area (Å²) in [6.45, 7) is 15.6. The lowest BCUT2D eigenvalue weighted by Gasteiger charge is -2.37. The highest BCUT2D eigenvalue weighted by Gasteiger charge is 2.53. The fraction of sp³-hybridized carbons (Fsp3) is 0.684. The maximum Gasteiger partial charge on any atom is 0.0724 e. The van der Waals surface area contributed by atoms with Crippen molar-refractivity contribution >= 4 is 0 Å². The largest absolute Gasteiger partial charge is 0.372 e. The Hall–Kier alpha value is -1.68. The third-order valence-corrected chi connectivity index (χ3v) is 12.1. The van der Waals surface area contributed by atoms with Gasteiger partial charge in [-0.1, -0.05) is 90.1 Å². The fourth-order valence-corrected chi connectivity index (χ4v) is 8.97. The molecule has 8 atom stereocenters. The van der Waals surface area contributed by atoms with E-state index in [1.54, 1.807) is 0 Å². The van der Waals surface area contributed by atoms with Crippen LogP contribution in [0, 0.1) is 35.5 Å². The van der Waals surface area contributed by atoms with Gasteiger partial charge in [-0.3, -0.25) is 0 Å². The fourth-order valence-electron chi connectivity index (χ4n) is 8.97. The molecular weight excluding hydrogens is 504 g/mol. The Morgan fingerprint density at radius 2 is 1.05 bits per heavy atom. The molecule has 0 radical (unpaired) electrons. The summed E-state index contributed by atoms with van der Waals surface area (Å²) in [6.07, 6.45) is 10.1. The maximum absolute atomic E-state index is 6.92. The van der Waals surface area contributed by atoms with Gasteiger partial charge in [-0.05, 0) is 109 Å². The van der Waals surface area contributed by atoms with Gasteiger partial charge in [0.15, 0.2) is 0 Å². The molecule has 2 aromatic rings. The number of rotatable bonds is 10. The van der Waals surface area contributed by atoms with E-state index >= 15 is 0 Å². The SMILES string of the molecule is CC1CCC2(C(C)C)CC1C(Cc1ccccc1COCc1ccccc1CC1OC3(C(C)C)CCC(C)C1C3)O2. The Balaban J connectivity index is 1.10. The number of hydrogen-bond acceptors (Lipinski definition) is 3. The van der Waals surface area contributed by atoms with Gasteiger partial charge in [0.25, 0.3) is 0 Å². The molecule has 224 valence electrons. The molecular formula is C38H54O3. The first-order chi connectivity index (χ1) is 19.7. The van der Waals surface area contributed by atoms with Crippen LogP contribution < -0.4 is 0 Å². The van der Waals surface area contributed by atoms with Crippen LogP contribution in [-0.2, 0) is 40.3 Å². The van der Waals surface area contributed by atoms with E-state index in [4.69, 9.17) is 14.2 Å². The lowest BCUT2D eigenvalue weighted by molar-refractivity contribution is -0.0741. The van der Waals surface area contributed by atoms with Crippen molar-refractivity contribution in [2.24, 2.45) is 35.5 Å². The third kappa shape index (κ3) is 5.68. The Bertz CT molecular complexity index is 1100. The Morgan fingerprint density at radius 3 is 1.44 bits per heavy atom. The molecule has 2 saturated heterocycles. The van der Waals surface area contributed by atoms with Gasteiger partial charge in [-0.2, -0.15) is 0 Å². The first kappa shape index (κ1) is 29.4. The molecule has 2 aliphatic carbocycles. The van der Waals surface area contributed by atoms with E-state index in [0.717, 1.165) is 24.7 Å². The zero-order valence-electron chi connectivity index (χ0n) is 26.5. The van der Waals surface area contributed by atoms with Gasteiger partial charge < -0.3 is 14.2 Å². The normalized spacial score (nSPS) is 36.4. The molecule has 0 spiro atoms. The van der Waals surface area contributed by atoms with Crippen molar-refractivity contribution in [2.75, 3.05) is 0 Å². The van der Waals surface area contributed by atoms with Crippen LogP contribution >= 0.6 is 0 Å². The van der Waals surface area contributed by atoms with Crippen molar-refractivity contribution in [1.29, 1.82) is 0 Å². The lowest BCUT2D eigenvalue weighted by atomic mass is 9.69. The molecule has 2 aliphatic heterocycles. The van der Waals surface area contributed by atoms with E-state index in [2.05, 4.69) is 90.1 Å². The highest BCUT2D eigenvalue weighted by atomic mass is 16.5. The van der Waals surface area contributed by atoms with Crippen LogP contribution in [0.5, 0.6) is 0 Å². The third-order valence-electron chi connectivity index (χ3n) is 12.1. The Labute approximate surface area is 249 Å². The molecule has 0 aromatic heterocycles. The van der Waals surface area contributed by atoms with Crippen LogP contribution in [0.25, 0.3) is 0 Å². The van der Waals surface area contributed by atoms with Crippen LogP contribution in [0.1, 0.15) is 102 Å². The summed E-state index contributed by atoms with van der Waals surface area (Å²) in [5.74, 6) is 3.99. The summed E-state index contributed by atoms with van der Waals surface area (Å²) in [5.41, 5.74) is 5.58. The first-order valence-electron chi connectivity index (χ1n) is 16.8. The van der Waals surface area contributed by atoms with Crippen molar-refractivity contribution in [1.82, 2.24) is 0 Å². The molecule has 8 unspecified atom stereocenters. The molecule has 4 bridgehead atoms. The Kier molecular flexibility index (Phi) is 8.44. The monoisotopic (exact) mass is 558 g/mol. The average Bonchev–Trinajstić information content (AvgIpc) is 3.45. The molecule has 2 aromatic carbocycles. The summed E-state index contributed by atoms with van der Waals surface area (Å²) in [4.78, 5) is 0. The van der Waals surface area contributed by atoms with Crippen LogP contribution in [0.3, 0.4) is 0 Å². The van der Waals surface area contributed by atoms with Gasteiger partial charge in [-0.25, -0.2) is 0 Å². The van der Waals surface area contributed by atoms with Crippen molar-refractivity contribution in [2.45, 2.75) is 130 Å². The highest BCUT2D eigenvalue weighted by Crippen LogP contribution is 2.53. The second kappa shape index (κ2) is 11.8. The van der Waals surface area contributed by atoms with Gasteiger partial charge in [0.2, 0.25) is 0 Å². The van der Waals surface area contributed by atoms with Gasteiger partial charge in [0.1, 0.15) is 0 Å². The van der Waals surface area contributed by atoms with Crippen molar-refractivity contribution in [3.63, 3.8) is 0 Å². The van der Waals surface area contributed by atoms with Gasteiger partial charge >= 0.3 is 0 Å². The summed E-state index contributed by atoms with van der Waals surface area (Å²) in [7, 11) is 0. The predicted octanol–water partition coefficient (Wildman–Crippen LogP) is 8.95. The number of fused-ring (bicyclic) bond motifs is 4. The minimum absolute atomic E-state index is 0.0884. The minimum Gasteiger partial charge on any atom is -0.372 e. The molecule has 4 fully saturated rings. The second-order valence-corrected chi connectivity index (χ2v) is 15.0. The zero-order valence-corrected chi connectivity index (χ0v) is 26.5. The van der Waals surface area contributed by atoms with E-state index in [-0.39, 0.29) is 11.2 Å². The zero-order chi connectivity index (χ0) is 28.8. The van der Waals surface area contributed by atoms with Crippen molar-refractivity contribution in [3.05, 3.63) is 70.8 Å². The molecule has 41 heavy (non-hydrogen) atoms. The maximum atomic E-state index is 6.92. The van der Waals surface area contributed by atoms with Crippen molar-refractivity contribution in [3.8, 4) is 0 Å². The van der Waals surface area contributed by atoms with Crippen LogP contribution in [-0.4, -0.2) is 23.4 Å². The molecule has 2 heterocycles. The molecule has 4 aliphatic rings. The number of ether oxygens (including phenoxy) is 3.